The Balaban J connectivity index is 1.08. The zero-order chi connectivity index (χ0) is 18.3. The largest absolute Gasteiger partial charge is 0.487 e. The maximum absolute atomic E-state index is 6.14. The number of nitrogens with zero attached hydrogens (tertiary/aromatic N) is 1. The molecule has 2 fully saturated rings. The summed E-state index contributed by atoms with van der Waals surface area (Å²) in [5.41, 5.74) is 0. The van der Waals surface area contributed by atoms with Crippen LogP contribution in [0, 0.1) is 11.8 Å². The van der Waals surface area contributed by atoms with Crippen LogP contribution in [0.3, 0.4) is 0 Å². The minimum Gasteiger partial charge on any atom is -0.487 e. The second-order valence-corrected chi connectivity index (χ2v) is 9.80. The molecule has 2 aliphatic heterocycles. The van der Waals surface area contributed by atoms with Crippen LogP contribution in [0.4, 0.5) is 0 Å². The number of benzene rings is 1. The van der Waals surface area contributed by atoms with Crippen LogP contribution in [0.25, 0.3) is 0 Å². The summed E-state index contributed by atoms with van der Waals surface area (Å²) in [6.07, 6.45) is 11.9. The van der Waals surface area contributed by atoms with Crippen LogP contribution in [0.2, 0.25) is 0 Å². The number of para-hydroxylation sites is 1. The van der Waals surface area contributed by atoms with E-state index < -0.39 is 0 Å². The molecule has 0 radical (unpaired) electrons. The van der Waals surface area contributed by atoms with Gasteiger partial charge in [-0.05, 0) is 69.4 Å². The quantitative estimate of drug-likeness (QED) is 0.724. The van der Waals surface area contributed by atoms with Crippen molar-refractivity contribution in [3.8, 4) is 5.75 Å². The maximum atomic E-state index is 6.14. The third-order valence-corrected chi connectivity index (χ3v) is 7.84. The molecule has 3 aliphatic rings. The van der Waals surface area contributed by atoms with Crippen LogP contribution in [0.1, 0.15) is 51.4 Å². The van der Waals surface area contributed by atoms with Crippen LogP contribution < -0.4 is 10.1 Å². The van der Waals surface area contributed by atoms with Crippen molar-refractivity contribution in [2.75, 3.05) is 38.5 Å². The molecule has 2 heterocycles. The highest BCUT2D eigenvalue weighted by atomic mass is 32.2. The molecule has 1 unspecified atom stereocenters. The number of piperidine rings is 1. The van der Waals surface area contributed by atoms with E-state index in [1.807, 2.05) is 11.8 Å². The van der Waals surface area contributed by atoms with Gasteiger partial charge in [-0.25, -0.2) is 0 Å². The van der Waals surface area contributed by atoms with Crippen LogP contribution in [0.15, 0.2) is 29.2 Å². The standard InChI is InChI=1S/C23H36N2OS/c1-2-6-19(7-3-1)10-13-25-14-11-20(12-15-25)16-24-17-21-18-27-23-9-5-4-8-22(23)26-21/h4-5,8-9,19-21,24H,1-3,6-7,10-18H2. The fraction of sp³-hybridized carbons (Fsp3) is 0.739. The van der Waals surface area contributed by atoms with Gasteiger partial charge in [0.1, 0.15) is 11.9 Å². The van der Waals surface area contributed by atoms with Gasteiger partial charge in [-0.3, -0.25) is 0 Å². The third kappa shape index (κ3) is 5.88. The van der Waals surface area contributed by atoms with Crippen LogP contribution in [-0.4, -0.2) is 49.5 Å². The SMILES string of the molecule is c1ccc2c(c1)OC(CNCC1CCN(CCC3CCCCC3)CC1)CS2. The minimum atomic E-state index is 0.306. The molecule has 1 atom stereocenters. The van der Waals surface area contributed by atoms with Gasteiger partial charge in [0.2, 0.25) is 0 Å². The summed E-state index contributed by atoms with van der Waals surface area (Å²) in [5, 5.41) is 3.70. The van der Waals surface area contributed by atoms with E-state index in [2.05, 4.69) is 34.5 Å². The topological polar surface area (TPSA) is 24.5 Å². The molecular weight excluding hydrogens is 352 g/mol. The fourth-order valence-electron chi connectivity index (χ4n) is 4.87. The zero-order valence-corrected chi connectivity index (χ0v) is 17.5. The highest BCUT2D eigenvalue weighted by Crippen LogP contribution is 2.34. The molecule has 1 saturated carbocycles. The van der Waals surface area contributed by atoms with Gasteiger partial charge in [0, 0.05) is 17.2 Å². The molecular formula is C23H36N2OS. The maximum Gasteiger partial charge on any atom is 0.133 e. The molecule has 1 aromatic rings. The predicted molar refractivity (Wildman–Crippen MR) is 115 cm³/mol. The lowest BCUT2D eigenvalue weighted by atomic mass is 9.86. The normalized spacial score (nSPS) is 25.1. The average Bonchev–Trinajstić information content (AvgIpc) is 2.74. The summed E-state index contributed by atoms with van der Waals surface area (Å²) in [5.74, 6) is 3.99. The second-order valence-electron chi connectivity index (χ2n) is 8.73. The Morgan fingerprint density at radius 1 is 0.963 bits per heavy atom. The summed E-state index contributed by atoms with van der Waals surface area (Å²) in [6, 6.07) is 8.41. The van der Waals surface area contributed by atoms with E-state index in [4.69, 9.17) is 4.74 Å². The van der Waals surface area contributed by atoms with E-state index in [9.17, 15) is 0 Å². The first-order chi connectivity index (χ1) is 13.4. The summed E-state index contributed by atoms with van der Waals surface area (Å²) in [6.45, 7) is 6.09. The molecule has 1 N–H and O–H groups in total. The van der Waals surface area contributed by atoms with Gasteiger partial charge in [0.15, 0.2) is 0 Å². The van der Waals surface area contributed by atoms with Crippen molar-refractivity contribution in [3.05, 3.63) is 24.3 Å². The smallest absolute Gasteiger partial charge is 0.133 e. The molecule has 1 aliphatic carbocycles. The molecule has 150 valence electrons. The highest BCUT2D eigenvalue weighted by Gasteiger charge is 2.22. The van der Waals surface area contributed by atoms with Crippen molar-refractivity contribution < 1.29 is 4.74 Å². The lowest BCUT2D eigenvalue weighted by molar-refractivity contribution is 0.160. The molecule has 0 spiro atoms. The first-order valence-electron chi connectivity index (χ1n) is 11.2. The number of likely N-dealkylation sites (tertiary alicyclic amines) is 1. The molecule has 27 heavy (non-hydrogen) atoms. The van der Waals surface area contributed by atoms with E-state index in [1.54, 1.807) is 0 Å². The first-order valence-corrected chi connectivity index (χ1v) is 12.2. The van der Waals surface area contributed by atoms with E-state index in [-0.39, 0.29) is 0 Å². The number of rotatable bonds is 7. The van der Waals surface area contributed by atoms with Crippen molar-refractivity contribution >= 4 is 11.8 Å². The lowest BCUT2D eigenvalue weighted by Crippen LogP contribution is -2.41. The fourth-order valence-corrected chi connectivity index (χ4v) is 5.85. The number of thioether (sulfide) groups is 1. The van der Waals surface area contributed by atoms with Gasteiger partial charge in [-0.15, -0.1) is 11.8 Å². The Morgan fingerprint density at radius 3 is 2.63 bits per heavy atom. The number of ether oxygens (including phenoxy) is 1. The summed E-state index contributed by atoms with van der Waals surface area (Å²) < 4.78 is 6.14. The van der Waals surface area contributed by atoms with Crippen LogP contribution in [-0.2, 0) is 0 Å². The zero-order valence-electron chi connectivity index (χ0n) is 16.7. The molecule has 3 nitrogen and oxygen atoms in total. The van der Waals surface area contributed by atoms with E-state index in [1.165, 1.54) is 75.9 Å². The molecule has 1 saturated heterocycles. The summed E-state index contributed by atoms with van der Waals surface area (Å²) in [4.78, 5) is 4.01. The Kier molecular flexibility index (Phi) is 7.39. The monoisotopic (exact) mass is 388 g/mol. The van der Waals surface area contributed by atoms with Crippen molar-refractivity contribution in [1.29, 1.82) is 0 Å². The van der Waals surface area contributed by atoms with Crippen LogP contribution >= 0.6 is 11.8 Å². The van der Waals surface area contributed by atoms with Gasteiger partial charge in [0.05, 0.1) is 0 Å². The predicted octanol–water partition coefficient (Wildman–Crippen LogP) is 4.81. The van der Waals surface area contributed by atoms with Crippen molar-refractivity contribution in [2.24, 2.45) is 11.8 Å². The molecule has 1 aromatic carbocycles. The van der Waals surface area contributed by atoms with Gasteiger partial charge < -0.3 is 15.0 Å². The third-order valence-electron chi connectivity index (χ3n) is 6.66. The Bertz CT molecular complexity index is 567. The van der Waals surface area contributed by atoms with E-state index in [0.29, 0.717) is 6.10 Å². The second kappa shape index (κ2) is 10.2. The Hall–Kier alpha value is -0.710. The lowest BCUT2D eigenvalue weighted by Gasteiger charge is -2.34. The summed E-state index contributed by atoms with van der Waals surface area (Å²) in [7, 11) is 0. The number of nitrogens with one attached hydrogen (secondary N) is 1. The van der Waals surface area contributed by atoms with Crippen molar-refractivity contribution in [1.82, 2.24) is 10.2 Å². The average molecular weight is 389 g/mol. The van der Waals surface area contributed by atoms with Crippen molar-refractivity contribution in [2.45, 2.75) is 62.4 Å². The van der Waals surface area contributed by atoms with Gasteiger partial charge in [-0.1, -0.05) is 44.2 Å². The molecule has 4 rings (SSSR count). The highest BCUT2D eigenvalue weighted by molar-refractivity contribution is 7.99. The first kappa shape index (κ1) is 19.6. The number of hydrogen-bond donors (Lipinski definition) is 1. The number of hydrogen-bond acceptors (Lipinski definition) is 4. The molecule has 0 bridgehead atoms. The van der Waals surface area contributed by atoms with Crippen LogP contribution in [0.5, 0.6) is 5.75 Å². The Labute approximate surface area is 169 Å². The Morgan fingerprint density at radius 2 is 1.78 bits per heavy atom. The van der Waals surface area contributed by atoms with Gasteiger partial charge in [0.25, 0.3) is 0 Å². The van der Waals surface area contributed by atoms with E-state index >= 15 is 0 Å². The number of fused-ring (bicyclic) bond motifs is 1. The van der Waals surface area contributed by atoms with Crippen molar-refractivity contribution in [3.63, 3.8) is 0 Å². The molecule has 4 heteroatoms. The van der Waals surface area contributed by atoms with Gasteiger partial charge in [-0.2, -0.15) is 0 Å². The molecule has 0 aromatic heterocycles. The molecule has 0 amide bonds. The summed E-state index contributed by atoms with van der Waals surface area (Å²) >= 11 is 1.93. The van der Waals surface area contributed by atoms with E-state index in [0.717, 1.165) is 36.4 Å². The van der Waals surface area contributed by atoms with Gasteiger partial charge >= 0.3 is 0 Å². The minimum absolute atomic E-state index is 0.306.